The standard InChI is InChI=1S/C24H22FN3O3S2/c1-14(19-8-5-11-32-19)28(2)13-17-9-10-18-20(21(24(30)31-3)33-23(18)26-17)27-22(29)15-6-4-7-16(25)12-15/h4-12,14H,13H2,1-3H3,(H,27,29)/t14-/m0/s1. The number of hydrogen-bond acceptors (Lipinski definition) is 7. The summed E-state index contributed by atoms with van der Waals surface area (Å²) >= 11 is 2.87. The number of benzene rings is 1. The topological polar surface area (TPSA) is 71.5 Å². The van der Waals surface area contributed by atoms with Crippen molar-refractivity contribution in [3.8, 4) is 0 Å². The summed E-state index contributed by atoms with van der Waals surface area (Å²) in [5.41, 5.74) is 1.31. The van der Waals surface area contributed by atoms with Crippen LogP contribution >= 0.6 is 22.7 Å². The molecule has 1 amide bonds. The van der Waals surface area contributed by atoms with Gasteiger partial charge >= 0.3 is 5.97 Å². The highest BCUT2D eigenvalue weighted by Crippen LogP contribution is 2.36. The smallest absolute Gasteiger partial charge is 0.350 e. The molecule has 4 aromatic rings. The van der Waals surface area contributed by atoms with E-state index in [2.05, 4.69) is 28.6 Å². The van der Waals surface area contributed by atoms with Crippen molar-refractivity contribution in [2.24, 2.45) is 0 Å². The second-order valence-corrected chi connectivity index (χ2v) is 9.50. The van der Waals surface area contributed by atoms with Crippen LogP contribution in [0.4, 0.5) is 10.1 Å². The minimum Gasteiger partial charge on any atom is -0.465 e. The van der Waals surface area contributed by atoms with Gasteiger partial charge in [0, 0.05) is 28.4 Å². The Morgan fingerprint density at radius 2 is 2.03 bits per heavy atom. The maximum atomic E-state index is 13.6. The summed E-state index contributed by atoms with van der Waals surface area (Å²) in [4.78, 5) is 34.2. The van der Waals surface area contributed by atoms with E-state index in [0.717, 1.165) is 23.1 Å². The number of halogens is 1. The Morgan fingerprint density at radius 3 is 2.73 bits per heavy atom. The van der Waals surface area contributed by atoms with E-state index in [9.17, 15) is 14.0 Å². The Morgan fingerprint density at radius 1 is 1.21 bits per heavy atom. The third-order valence-electron chi connectivity index (χ3n) is 5.34. The maximum absolute atomic E-state index is 13.6. The number of thiophene rings is 2. The summed E-state index contributed by atoms with van der Waals surface area (Å²) in [6, 6.07) is 13.5. The zero-order valence-electron chi connectivity index (χ0n) is 18.3. The lowest BCUT2D eigenvalue weighted by Crippen LogP contribution is -2.21. The highest BCUT2D eigenvalue weighted by atomic mass is 32.1. The van der Waals surface area contributed by atoms with Crippen molar-refractivity contribution in [3.05, 3.63) is 80.7 Å². The number of nitrogens with zero attached hydrogens (tertiary/aromatic N) is 2. The van der Waals surface area contributed by atoms with Gasteiger partial charge in [-0.25, -0.2) is 14.2 Å². The van der Waals surface area contributed by atoms with Crippen LogP contribution in [0.2, 0.25) is 0 Å². The normalized spacial score (nSPS) is 12.2. The predicted octanol–water partition coefficient (Wildman–Crippen LogP) is 5.73. The molecule has 6 nitrogen and oxygen atoms in total. The Hall–Kier alpha value is -3.14. The van der Waals surface area contributed by atoms with Crippen molar-refractivity contribution >= 4 is 50.5 Å². The lowest BCUT2D eigenvalue weighted by molar-refractivity contribution is 0.0607. The number of esters is 1. The number of aromatic nitrogens is 1. The third kappa shape index (κ3) is 4.95. The van der Waals surface area contributed by atoms with Gasteiger partial charge in [-0.1, -0.05) is 12.1 Å². The summed E-state index contributed by atoms with van der Waals surface area (Å²) in [5.74, 6) is -1.61. The quantitative estimate of drug-likeness (QED) is 0.340. The molecule has 1 aromatic carbocycles. The Balaban J connectivity index is 1.64. The molecule has 9 heteroatoms. The van der Waals surface area contributed by atoms with Gasteiger partial charge in [0.1, 0.15) is 15.5 Å². The first kappa shape index (κ1) is 23.0. The van der Waals surface area contributed by atoms with E-state index in [0.29, 0.717) is 22.4 Å². The van der Waals surface area contributed by atoms with Crippen molar-refractivity contribution in [2.75, 3.05) is 19.5 Å². The lowest BCUT2D eigenvalue weighted by atomic mass is 10.2. The Bertz CT molecular complexity index is 1300. The first-order valence-corrected chi connectivity index (χ1v) is 11.9. The minimum atomic E-state index is -0.572. The van der Waals surface area contributed by atoms with E-state index in [1.165, 1.54) is 30.2 Å². The molecule has 0 aliphatic heterocycles. The summed E-state index contributed by atoms with van der Waals surface area (Å²) in [7, 11) is 3.32. The molecule has 4 rings (SSSR count). The average Bonchev–Trinajstić information content (AvgIpc) is 3.46. The van der Waals surface area contributed by atoms with Crippen LogP contribution in [0.5, 0.6) is 0 Å². The molecule has 0 aliphatic rings. The highest BCUT2D eigenvalue weighted by Gasteiger charge is 2.23. The van der Waals surface area contributed by atoms with Gasteiger partial charge in [-0.15, -0.1) is 22.7 Å². The molecule has 3 aromatic heterocycles. The third-order valence-corrected chi connectivity index (χ3v) is 7.46. The highest BCUT2D eigenvalue weighted by molar-refractivity contribution is 7.21. The summed E-state index contributed by atoms with van der Waals surface area (Å²) in [5, 5.41) is 5.43. The Labute approximate surface area is 198 Å². The molecule has 0 unspecified atom stereocenters. The van der Waals surface area contributed by atoms with Crippen molar-refractivity contribution in [2.45, 2.75) is 19.5 Å². The molecule has 1 atom stereocenters. The zero-order chi connectivity index (χ0) is 23.5. The monoisotopic (exact) mass is 483 g/mol. The maximum Gasteiger partial charge on any atom is 0.350 e. The number of hydrogen-bond donors (Lipinski definition) is 1. The van der Waals surface area contributed by atoms with Crippen LogP contribution in [0.15, 0.2) is 53.9 Å². The van der Waals surface area contributed by atoms with Crippen LogP contribution in [-0.4, -0.2) is 35.9 Å². The number of anilines is 1. The van der Waals surface area contributed by atoms with E-state index in [4.69, 9.17) is 9.72 Å². The fourth-order valence-corrected chi connectivity index (χ4v) is 5.33. The fraction of sp³-hybridized carbons (Fsp3) is 0.208. The number of carbonyl (C=O) groups excluding carboxylic acids is 2. The molecule has 170 valence electrons. The molecular formula is C24H22FN3O3S2. The van der Waals surface area contributed by atoms with Crippen molar-refractivity contribution < 1.29 is 18.7 Å². The molecule has 0 fully saturated rings. The van der Waals surface area contributed by atoms with Gasteiger partial charge in [0.25, 0.3) is 5.91 Å². The molecular weight excluding hydrogens is 461 g/mol. The zero-order valence-corrected chi connectivity index (χ0v) is 19.9. The molecule has 0 spiro atoms. The van der Waals surface area contributed by atoms with Gasteiger partial charge in [0.15, 0.2) is 0 Å². The number of carbonyl (C=O) groups is 2. The van der Waals surface area contributed by atoms with E-state index in [1.807, 2.05) is 25.2 Å². The molecule has 1 N–H and O–H groups in total. The van der Waals surface area contributed by atoms with Crippen molar-refractivity contribution in [1.82, 2.24) is 9.88 Å². The predicted molar refractivity (Wildman–Crippen MR) is 130 cm³/mol. The summed E-state index contributed by atoms with van der Waals surface area (Å²) in [6.45, 7) is 2.76. The number of pyridine rings is 1. The number of amides is 1. The average molecular weight is 484 g/mol. The molecule has 0 bridgehead atoms. The second kappa shape index (κ2) is 9.78. The SMILES string of the molecule is COC(=O)c1sc2nc(CN(C)[C@@H](C)c3cccs3)ccc2c1NC(=O)c1cccc(F)c1. The van der Waals surface area contributed by atoms with E-state index >= 15 is 0 Å². The van der Waals surface area contributed by atoms with Crippen LogP contribution in [-0.2, 0) is 11.3 Å². The number of methoxy groups -OCH3 is 1. The van der Waals surface area contributed by atoms with Gasteiger partial charge < -0.3 is 10.1 Å². The number of rotatable bonds is 7. The number of ether oxygens (including phenoxy) is 1. The van der Waals surface area contributed by atoms with Crippen molar-refractivity contribution in [3.63, 3.8) is 0 Å². The molecule has 0 radical (unpaired) electrons. The van der Waals surface area contributed by atoms with Crippen LogP contribution < -0.4 is 5.32 Å². The van der Waals surface area contributed by atoms with Crippen LogP contribution in [0.1, 0.15) is 43.6 Å². The minimum absolute atomic E-state index is 0.152. The summed E-state index contributed by atoms with van der Waals surface area (Å²) < 4.78 is 18.5. The first-order chi connectivity index (χ1) is 15.9. The molecule has 33 heavy (non-hydrogen) atoms. The largest absolute Gasteiger partial charge is 0.465 e. The van der Waals surface area contributed by atoms with Gasteiger partial charge in [0.2, 0.25) is 0 Å². The van der Waals surface area contributed by atoms with E-state index in [-0.39, 0.29) is 16.5 Å². The Kier molecular flexibility index (Phi) is 6.83. The number of fused-ring (bicyclic) bond motifs is 1. The molecule has 0 aliphatic carbocycles. The van der Waals surface area contributed by atoms with Gasteiger partial charge in [-0.05, 0) is 55.7 Å². The van der Waals surface area contributed by atoms with Gasteiger partial charge in [-0.2, -0.15) is 0 Å². The molecule has 0 saturated carbocycles. The van der Waals surface area contributed by atoms with Gasteiger partial charge in [0.05, 0.1) is 18.5 Å². The van der Waals surface area contributed by atoms with Crippen molar-refractivity contribution in [1.29, 1.82) is 0 Å². The van der Waals surface area contributed by atoms with E-state index in [1.54, 1.807) is 11.3 Å². The molecule has 3 heterocycles. The fourth-order valence-electron chi connectivity index (χ4n) is 3.42. The lowest BCUT2D eigenvalue weighted by Gasteiger charge is -2.23. The van der Waals surface area contributed by atoms with Crippen LogP contribution in [0, 0.1) is 5.82 Å². The van der Waals surface area contributed by atoms with E-state index < -0.39 is 17.7 Å². The van der Waals surface area contributed by atoms with Crippen LogP contribution in [0.3, 0.4) is 0 Å². The van der Waals surface area contributed by atoms with Gasteiger partial charge in [-0.3, -0.25) is 9.69 Å². The second-order valence-electron chi connectivity index (χ2n) is 7.52. The number of nitrogens with one attached hydrogen (secondary N) is 1. The first-order valence-electron chi connectivity index (χ1n) is 10.2. The molecule has 0 saturated heterocycles. The summed E-state index contributed by atoms with van der Waals surface area (Å²) in [6.07, 6.45) is 0. The van der Waals surface area contributed by atoms with Crippen LogP contribution in [0.25, 0.3) is 10.2 Å².